The normalized spacial score (nSPS) is 19.9. The molecule has 0 unspecified atom stereocenters. The third-order valence-electron chi connectivity index (χ3n) is 10.9. The van der Waals surface area contributed by atoms with Crippen LogP contribution in [0.4, 0.5) is 16.3 Å². The molecule has 3 aromatic heterocycles. The Kier molecular flexibility index (Phi) is 9.48. The van der Waals surface area contributed by atoms with Gasteiger partial charge in [-0.05, 0) is 49.4 Å². The van der Waals surface area contributed by atoms with Gasteiger partial charge in [-0.2, -0.15) is 5.10 Å². The zero-order valence-electron chi connectivity index (χ0n) is 29.8. The van der Waals surface area contributed by atoms with E-state index in [9.17, 15) is 9.59 Å². The topological polar surface area (TPSA) is 127 Å². The second-order valence-corrected chi connectivity index (χ2v) is 14.7. The molecule has 5 aromatic rings. The Bertz CT molecular complexity index is 2300. The van der Waals surface area contributed by atoms with Gasteiger partial charge in [-0.1, -0.05) is 53.5 Å². The summed E-state index contributed by atoms with van der Waals surface area (Å²) in [7, 11) is 4.92. The number of hydrogen-bond donors (Lipinski definition) is 2. The minimum Gasteiger partial charge on any atom is -0.481 e. The molecule has 2 aromatic carbocycles. The van der Waals surface area contributed by atoms with E-state index in [1.54, 1.807) is 39.7 Å². The van der Waals surface area contributed by atoms with Crippen molar-refractivity contribution in [1.82, 2.24) is 34.9 Å². The number of hydrogen-bond acceptors (Lipinski definition) is 9. The van der Waals surface area contributed by atoms with Crippen molar-refractivity contribution in [3.63, 3.8) is 0 Å². The molecule has 2 N–H and O–H groups in total. The van der Waals surface area contributed by atoms with Gasteiger partial charge >= 0.3 is 6.03 Å². The second kappa shape index (κ2) is 14.2. The van der Waals surface area contributed by atoms with Crippen LogP contribution in [0.2, 0.25) is 10.0 Å². The molecule has 14 heteroatoms. The number of amides is 2. The first-order valence-electron chi connectivity index (χ1n) is 17.7. The zero-order valence-corrected chi connectivity index (χ0v) is 31.3. The summed E-state index contributed by atoms with van der Waals surface area (Å²) in [4.78, 5) is 39.7. The Morgan fingerprint density at radius 3 is 2.58 bits per heavy atom. The van der Waals surface area contributed by atoms with Gasteiger partial charge in [0.25, 0.3) is 5.56 Å². The van der Waals surface area contributed by atoms with Gasteiger partial charge in [0, 0.05) is 80.2 Å². The number of urea groups is 1. The van der Waals surface area contributed by atoms with E-state index in [0.717, 1.165) is 67.7 Å². The Labute approximate surface area is 317 Å². The van der Waals surface area contributed by atoms with Crippen molar-refractivity contribution in [1.29, 1.82) is 0 Å². The summed E-state index contributed by atoms with van der Waals surface area (Å²) in [6.07, 6.45) is 6.89. The Balaban J connectivity index is 1.07. The highest BCUT2D eigenvalue weighted by Gasteiger charge is 2.46. The van der Waals surface area contributed by atoms with Gasteiger partial charge in [-0.15, -0.1) is 0 Å². The number of fused-ring (bicyclic) bond motifs is 2. The van der Waals surface area contributed by atoms with Crippen LogP contribution < -0.4 is 20.9 Å². The smallest absolute Gasteiger partial charge is 0.317 e. The molecule has 0 bridgehead atoms. The lowest BCUT2D eigenvalue weighted by Crippen LogP contribution is -2.61. The highest BCUT2D eigenvalue weighted by molar-refractivity contribution is 6.39. The van der Waals surface area contributed by atoms with Gasteiger partial charge in [-0.3, -0.25) is 9.69 Å². The SMILES string of the molecule is COCCN1CC[C@@]2(CCN([C@H]3CCc4cc(-c5cccc(-c6cccc(Nc7nccc8cnn(C)c(=O)c78)c6Cl)c5Cl)nc(OC)c43)C2)NC1=O. The van der Waals surface area contributed by atoms with Gasteiger partial charge in [0.1, 0.15) is 5.82 Å². The van der Waals surface area contributed by atoms with Crippen molar-refractivity contribution in [2.75, 3.05) is 52.3 Å². The predicted molar refractivity (Wildman–Crippen MR) is 206 cm³/mol. The highest BCUT2D eigenvalue weighted by Crippen LogP contribution is 2.47. The number of pyridine rings is 2. The van der Waals surface area contributed by atoms with E-state index in [1.165, 1.54) is 10.2 Å². The first-order chi connectivity index (χ1) is 25.7. The molecule has 0 radical (unpaired) electrons. The van der Waals surface area contributed by atoms with E-state index < -0.39 is 0 Å². The number of carbonyl (C=O) groups is 1. The number of methoxy groups -OCH3 is 2. The molecule has 12 nitrogen and oxygen atoms in total. The lowest BCUT2D eigenvalue weighted by molar-refractivity contribution is 0.114. The summed E-state index contributed by atoms with van der Waals surface area (Å²) in [5.74, 6) is 0.975. The monoisotopic (exact) mass is 754 g/mol. The van der Waals surface area contributed by atoms with Crippen molar-refractivity contribution in [2.45, 2.75) is 37.3 Å². The number of aromatic nitrogens is 4. The molecule has 2 amide bonds. The maximum absolute atomic E-state index is 13.0. The number of halogens is 2. The van der Waals surface area contributed by atoms with E-state index >= 15 is 0 Å². The summed E-state index contributed by atoms with van der Waals surface area (Å²) in [5, 5.41) is 12.8. The van der Waals surface area contributed by atoms with Gasteiger partial charge in [0.2, 0.25) is 5.88 Å². The molecule has 1 spiro atoms. The molecule has 2 aliphatic heterocycles. The van der Waals surface area contributed by atoms with E-state index in [1.807, 2.05) is 41.3 Å². The fourth-order valence-electron chi connectivity index (χ4n) is 8.12. The van der Waals surface area contributed by atoms with Crippen molar-refractivity contribution in [3.8, 4) is 28.3 Å². The predicted octanol–water partition coefficient (Wildman–Crippen LogP) is 6.61. The average Bonchev–Trinajstić information content (AvgIpc) is 3.78. The van der Waals surface area contributed by atoms with Crippen molar-refractivity contribution in [2.24, 2.45) is 7.05 Å². The summed E-state index contributed by atoms with van der Waals surface area (Å²) < 4.78 is 12.4. The molecule has 53 heavy (non-hydrogen) atoms. The quantitative estimate of drug-likeness (QED) is 0.171. The number of nitrogens with zero attached hydrogens (tertiary/aromatic N) is 6. The maximum atomic E-state index is 13.0. The molecule has 5 heterocycles. The van der Waals surface area contributed by atoms with Gasteiger partial charge in [0.15, 0.2) is 0 Å². The number of nitrogens with one attached hydrogen (secondary N) is 2. The third-order valence-corrected chi connectivity index (χ3v) is 11.7. The summed E-state index contributed by atoms with van der Waals surface area (Å²) >= 11 is 14.3. The van der Waals surface area contributed by atoms with Crippen LogP contribution in [0.1, 0.15) is 36.4 Å². The number of rotatable bonds is 9. The van der Waals surface area contributed by atoms with Crippen LogP contribution in [-0.4, -0.2) is 88.1 Å². The number of carbonyl (C=O) groups excluding carboxylic acids is 1. The van der Waals surface area contributed by atoms with Crippen LogP contribution in [0, 0.1) is 0 Å². The van der Waals surface area contributed by atoms with Crippen molar-refractivity contribution in [3.05, 3.63) is 92.5 Å². The Morgan fingerprint density at radius 2 is 1.79 bits per heavy atom. The maximum Gasteiger partial charge on any atom is 0.317 e. The molecule has 0 saturated carbocycles. The van der Waals surface area contributed by atoms with E-state index in [4.69, 9.17) is 37.7 Å². The lowest BCUT2D eigenvalue weighted by Gasteiger charge is -2.40. The number of benzene rings is 2. The summed E-state index contributed by atoms with van der Waals surface area (Å²) in [6.45, 7) is 3.53. The number of anilines is 2. The Hall–Kier alpha value is -4.75. The van der Waals surface area contributed by atoms with Crippen molar-refractivity contribution >= 4 is 51.5 Å². The lowest BCUT2D eigenvalue weighted by atomic mass is 9.92. The van der Waals surface area contributed by atoms with E-state index in [0.29, 0.717) is 56.9 Å². The molecule has 8 rings (SSSR count). The number of likely N-dealkylation sites (tertiary alicyclic amines) is 1. The van der Waals surface area contributed by atoms with Crippen LogP contribution in [0.3, 0.4) is 0 Å². The van der Waals surface area contributed by atoms with Gasteiger partial charge < -0.3 is 25.0 Å². The summed E-state index contributed by atoms with van der Waals surface area (Å²) in [6, 6.07) is 15.5. The first kappa shape index (κ1) is 35.3. The summed E-state index contributed by atoms with van der Waals surface area (Å²) in [5.41, 5.74) is 5.31. The second-order valence-electron chi connectivity index (χ2n) is 14.0. The largest absolute Gasteiger partial charge is 0.481 e. The van der Waals surface area contributed by atoms with Crippen LogP contribution >= 0.6 is 23.2 Å². The Morgan fingerprint density at radius 1 is 1.02 bits per heavy atom. The van der Waals surface area contributed by atoms with Gasteiger partial charge in [0.05, 0.1) is 52.3 Å². The number of aryl methyl sites for hydroxylation is 2. The minimum absolute atomic E-state index is 0.0130. The molecule has 2 saturated heterocycles. The fourth-order valence-corrected chi connectivity index (χ4v) is 8.72. The van der Waals surface area contributed by atoms with Crippen LogP contribution in [0.15, 0.2) is 65.7 Å². The average molecular weight is 756 g/mol. The molecule has 2 fully saturated rings. The van der Waals surface area contributed by atoms with Crippen LogP contribution in [0.5, 0.6) is 5.88 Å². The molecular weight excluding hydrogens is 715 g/mol. The molecule has 274 valence electrons. The number of ether oxygens (including phenoxy) is 2. The standard InChI is InChI=1S/C39H40Cl2N8O4/c1-47-37(50)32-24(21-43-47)12-15-42-35(32)44-28-9-5-7-26(34(28)41)25-6-4-8-27(33(25)40)29-20-23-10-11-30(31(23)36(45-29)53-3)49-17-14-39(22-49)13-16-48(18-19-52-2)38(51)46-39/h4-9,12,15,20-21,30H,10-11,13-14,16-19,22H2,1-3H3,(H,42,44)(H,46,51)/t30-,39-/m0/s1. The highest BCUT2D eigenvalue weighted by atomic mass is 35.5. The zero-order chi connectivity index (χ0) is 36.9. The molecular formula is C39H40Cl2N8O4. The van der Waals surface area contributed by atoms with E-state index in [-0.39, 0.29) is 23.2 Å². The third kappa shape index (κ3) is 6.37. The fraction of sp³-hybridized carbons (Fsp3) is 0.359. The van der Waals surface area contributed by atoms with Gasteiger partial charge in [-0.25, -0.2) is 19.4 Å². The molecule has 1 aliphatic carbocycles. The van der Waals surface area contributed by atoms with E-state index in [2.05, 4.69) is 31.7 Å². The first-order valence-corrected chi connectivity index (χ1v) is 18.5. The molecule has 2 atom stereocenters. The van der Waals surface area contributed by atoms with Crippen molar-refractivity contribution < 1.29 is 14.3 Å². The minimum atomic E-state index is -0.266. The van der Waals surface area contributed by atoms with Crippen LogP contribution in [-0.2, 0) is 18.2 Å². The molecule has 3 aliphatic rings. The van der Waals surface area contributed by atoms with Crippen LogP contribution in [0.25, 0.3) is 33.2 Å².